The number of aromatic nitrogens is 1. The largest absolute Gasteiger partial charge is 0.361 e. The van der Waals surface area contributed by atoms with Crippen LogP contribution in [-0.4, -0.2) is 37.9 Å². The second kappa shape index (κ2) is 6.76. The van der Waals surface area contributed by atoms with Crippen LogP contribution in [0.4, 0.5) is 0 Å². The van der Waals surface area contributed by atoms with Crippen molar-refractivity contribution in [2.45, 2.75) is 19.3 Å². The Labute approximate surface area is 124 Å². The molecule has 0 saturated carbocycles. The van der Waals surface area contributed by atoms with Gasteiger partial charge in [-0.05, 0) is 24.5 Å². The maximum atomic E-state index is 11.6. The fraction of sp³-hybridized carbons (Fsp3) is 0.400. The average Bonchev–Trinajstić information content (AvgIpc) is 2.81. The van der Waals surface area contributed by atoms with Crippen molar-refractivity contribution >= 4 is 26.6 Å². The molecule has 0 spiro atoms. The predicted molar refractivity (Wildman–Crippen MR) is 84.0 cm³/mol. The van der Waals surface area contributed by atoms with Crippen LogP contribution in [0.25, 0.3) is 10.9 Å². The van der Waals surface area contributed by atoms with Crippen LogP contribution in [0.3, 0.4) is 0 Å². The number of H-pyrrole nitrogens is 1. The van der Waals surface area contributed by atoms with Crippen LogP contribution >= 0.6 is 0 Å². The Kier molecular flexibility index (Phi) is 5.01. The standard InChI is InChI=1S/C15H20N2O3S/c1-21(19,20)10-4-7-15(18)16-9-8-12-11-17-14-6-3-2-5-13(12)14/h2-3,5-6,11,17H,4,7-10H2,1H3,(H,16,18). The van der Waals surface area contributed by atoms with Crippen molar-refractivity contribution < 1.29 is 13.2 Å². The Morgan fingerprint density at radius 1 is 1.29 bits per heavy atom. The molecule has 0 unspecified atom stereocenters. The summed E-state index contributed by atoms with van der Waals surface area (Å²) in [7, 11) is -2.98. The molecule has 1 aromatic carbocycles. The summed E-state index contributed by atoms with van der Waals surface area (Å²) in [5.74, 6) is -0.0402. The summed E-state index contributed by atoms with van der Waals surface area (Å²) in [4.78, 5) is 14.8. The zero-order valence-electron chi connectivity index (χ0n) is 12.1. The molecule has 0 bridgehead atoms. The van der Waals surface area contributed by atoms with Gasteiger partial charge in [0.15, 0.2) is 0 Å². The molecule has 0 aliphatic rings. The Balaban J connectivity index is 1.75. The molecule has 21 heavy (non-hydrogen) atoms. The van der Waals surface area contributed by atoms with Crippen LogP contribution in [0.5, 0.6) is 0 Å². The molecule has 2 N–H and O–H groups in total. The van der Waals surface area contributed by atoms with Gasteiger partial charge in [-0.15, -0.1) is 0 Å². The fourth-order valence-electron chi connectivity index (χ4n) is 2.26. The van der Waals surface area contributed by atoms with E-state index in [4.69, 9.17) is 0 Å². The molecule has 0 atom stereocenters. The third-order valence-corrected chi connectivity index (χ3v) is 4.34. The number of sulfone groups is 1. The first-order chi connectivity index (χ1) is 9.96. The molecule has 1 amide bonds. The first kappa shape index (κ1) is 15.6. The lowest BCUT2D eigenvalue weighted by Gasteiger charge is -2.04. The molecule has 1 heterocycles. The van der Waals surface area contributed by atoms with Gasteiger partial charge < -0.3 is 10.3 Å². The van der Waals surface area contributed by atoms with E-state index in [0.29, 0.717) is 13.0 Å². The molecule has 0 saturated heterocycles. The molecular formula is C15H20N2O3S. The highest BCUT2D eigenvalue weighted by atomic mass is 32.2. The average molecular weight is 308 g/mol. The first-order valence-corrected chi connectivity index (χ1v) is 9.01. The van der Waals surface area contributed by atoms with Gasteiger partial charge in [-0.25, -0.2) is 8.42 Å². The third-order valence-electron chi connectivity index (χ3n) is 3.31. The van der Waals surface area contributed by atoms with Crippen molar-refractivity contribution in [1.29, 1.82) is 0 Å². The van der Waals surface area contributed by atoms with Gasteiger partial charge in [-0.2, -0.15) is 0 Å². The second-order valence-electron chi connectivity index (χ2n) is 5.19. The van der Waals surface area contributed by atoms with Crippen molar-refractivity contribution in [3.8, 4) is 0 Å². The lowest BCUT2D eigenvalue weighted by Crippen LogP contribution is -2.25. The lowest BCUT2D eigenvalue weighted by atomic mass is 10.1. The molecule has 5 nitrogen and oxygen atoms in total. The van der Waals surface area contributed by atoms with Crippen LogP contribution in [0, 0.1) is 0 Å². The van der Waals surface area contributed by atoms with Gasteiger partial charge in [0.05, 0.1) is 5.75 Å². The van der Waals surface area contributed by atoms with Crippen LogP contribution in [-0.2, 0) is 21.1 Å². The number of carbonyl (C=O) groups excluding carboxylic acids is 1. The minimum Gasteiger partial charge on any atom is -0.361 e. The molecule has 0 fully saturated rings. The van der Waals surface area contributed by atoms with E-state index in [9.17, 15) is 13.2 Å². The number of para-hydroxylation sites is 1. The third kappa shape index (κ3) is 4.90. The summed E-state index contributed by atoms with van der Waals surface area (Å²) < 4.78 is 21.9. The summed E-state index contributed by atoms with van der Waals surface area (Å²) in [5, 5.41) is 3.99. The van der Waals surface area contributed by atoms with Crippen molar-refractivity contribution in [2.24, 2.45) is 0 Å². The SMILES string of the molecule is CS(=O)(=O)CCCC(=O)NCCc1c[nH]c2ccccc12. The molecule has 0 radical (unpaired) electrons. The zero-order valence-corrected chi connectivity index (χ0v) is 12.9. The van der Waals surface area contributed by atoms with E-state index in [0.717, 1.165) is 11.9 Å². The molecule has 0 aliphatic heterocycles. The fourth-order valence-corrected chi connectivity index (χ4v) is 2.93. The van der Waals surface area contributed by atoms with Gasteiger partial charge in [0.1, 0.15) is 9.84 Å². The highest BCUT2D eigenvalue weighted by Crippen LogP contribution is 2.17. The summed E-state index contributed by atoms with van der Waals surface area (Å²) in [6.45, 7) is 0.555. The van der Waals surface area contributed by atoms with E-state index in [1.807, 2.05) is 24.4 Å². The van der Waals surface area contributed by atoms with Gasteiger partial charge >= 0.3 is 0 Å². The number of benzene rings is 1. The molecule has 1 aromatic heterocycles. The van der Waals surface area contributed by atoms with Gasteiger partial charge in [-0.3, -0.25) is 4.79 Å². The number of hydrogen-bond donors (Lipinski definition) is 2. The zero-order chi connectivity index (χ0) is 15.3. The van der Waals surface area contributed by atoms with Crippen molar-refractivity contribution in [3.63, 3.8) is 0 Å². The van der Waals surface area contributed by atoms with E-state index in [1.54, 1.807) is 0 Å². The van der Waals surface area contributed by atoms with Gasteiger partial charge in [0.25, 0.3) is 0 Å². The second-order valence-corrected chi connectivity index (χ2v) is 7.45. The van der Waals surface area contributed by atoms with Crippen molar-refractivity contribution in [2.75, 3.05) is 18.6 Å². The summed E-state index contributed by atoms with van der Waals surface area (Å²) >= 11 is 0. The number of aromatic amines is 1. The topological polar surface area (TPSA) is 79.0 Å². The van der Waals surface area contributed by atoms with Crippen molar-refractivity contribution in [3.05, 3.63) is 36.0 Å². The van der Waals surface area contributed by atoms with Crippen LogP contribution in [0.2, 0.25) is 0 Å². The number of rotatable bonds is 7. The quantitative estimate of drug-likeness (QED) is 0.816. The Hall–Kier alpha value is -1.82. The van der Waals surface area contributed by atoms with E-state index >= 15 is 0 Å². The highest BCUT2D eigenvalue weighted by molar-refractivity contribution is 7.90. The normalized spacial score (nSPS) is 11.7. The Morgan fingerprint density at radius 2 is 2.05 bits per heavy atom. The molecule has 0 aliphatic carbocycles. The molecule has 2 rings (SSSR count). The lowest BCUT2D eigenvalue weighted by molar-refractivity contribution is -0.121. The van der Waals surface area contributed by atoms with Gasteiger partial charge in [0.2, 0.25) is 5.91 Å². The molecule has 6 heteroatoms. The van der Waals surface area contributed by atoms with Crippen molar-refractivity contribution in [1.82, 2.24) is 10.3 Å². The number of hydrogen-bond acceptors (Lipinski definition) is 3. The minimum atomic E-state index is -2.98. The van der Waals surface area contributed by atoms with Gasteiger partial charge in [-0.1, -0.05) is 18.2 Å². The van der Waals surface area contributed by atoms with Gasteiger partial charge in [0, 0.05) is 36.3 Å². The molecular weight excluding hydrogens is 288 g/mol. The van der Waals surface area contributed by atoms with E-state index in [-0.39, 0.29) is 18.1 Å². The predicted octanol–water partition coefficient (Wildman–Crippen LogP) is 1.65. The van der Waals surface area contributed by atoms with E-state index in [2.05, 4.69) is 16.4 Å². The number of amides is 1. The first-order valence-electron chi connectivity index (χ1n) is 6.95. The number of fused-ring (bicyclic) bond motifs is 1. The summed E-state index contributed by atoms with van der Waals surface area (Å²) in [5.41, 5.74) is 2.26. The monoisotopic (exact) mass is 308 g/mol. The minimum absolute atomic E-state index is 0.0584. The number of nitrogens with one attached hydrogen (secondary N) is 2. The van der Waals surface area contributed by atoms with Crippen LogP contribution in [0.1, 0.15) is 18.4 Å². The van der Waals surface area contributed by atoms with Crippen LogP contribution < -0.4 is 5.32 Å². The Bertz CT molecular complexity index is 719. The molecule has 114 valence electrons. The Morgan fingerprint density at radius 3 is 2.81 bits per heavy atom. The van der Waals surface area contributed by atoms with E-state index in [1.165, 1.54) is 17.2 Å². The number of carbonyl (C=O) groups is 1. The summed E-state index contributed by atoms with van der Waals surface area (Å²) in [6, 6.07) is 8.04. The maximum absolute atomic E-state index is 11.6. The van der Waals surface area contributed by atoms with Crippen LogP contribution in [0.15, 0.2) is 30.5 Å². The summed E-state index contributed by atoms with van der Waals surface area (Å²) in [6.07, 6.45) is 4.52. The smallest absolute Gasteiger partial charge is 0.220 e. The van der Waals surface area contributed by atoms with E-state index < -0.39 is 9.84 Å². The molecule has 2 aromatic rings. The maximum Gasteiger partial charge on any atom is 0.220 e. The highest BCUT2D eigenvalue weighted by Gasteiger charge is 2.07.